The largest absolute Gasteiger partial charge is 0.500 e. The van der Waals surface area contributed by atoms with Crippen LogP contribution in [-0.2, 0) is 16.4 Å². The molecular weight excluding hydrogens is 525 g/mol. The Morgan fingerprint density at radius 2 is 0.969 bits per heavy atom. The van der Waals surface area contributed by atoms with E-state index in [0.717, 1.165) is 21.3 Å². The number of unbranched alkanes of at least 4 members (excludes halogenated alkanes) is 10. The van der Waals surface area contributed by atoms with Crippen molar-refractivity contribution in [2.24, 2.45) is 5.73 Å². The number of rotatable bonds is 23. The van der Waals surface area contributed by atoms with Crippen LogP contribution in [0.5, 0.6) is 0 Å². The van der Waals surface area contributed by atoms with Gasteiger partial charge in [-0.25, -0.2) is 0 Å². The maximum Gasteiger partial charge on any atom is 0.500 e. The second-order valence-corrected chi connectivity index (χ2v) is 17.1. The molecule has 0 unspecified atom stereocenters. The van der Waals surface area contributed by atoms with Crippen molar-refractivity contribution >= 4 is 28.6 Å². The third-order valence-corrected chi connectivity index (χ3v) is 13.8. The summed E-state index contributed by atoms with van der Waals surface area (Å²) in [5.41, 5.74) is 5.48. The Morgan fingerprint density at radius 1 is 0.594 bits per heavy atom. The summed E-state index contributed by atoms with van der Waals surface area (Å²) in [6, 6.07) is 0.818. The minimum atomic E-state index is -2.40. The van der Waals surface area contributed by atoms with Gasteiger partial charge in [-0.3, -0.25) is 0 Å². The molecule has 5 nitrogen and oxygen atoms in total. The normalized spacial score (nSPS) is 11.3. The second kappa shape index (κ2) is 27.9. The third-order valence-electron chi connectivity index (χ3n) is 5.40. The van der Waals surface area contributed by atoms with Crippen molar-refractivity contribution in [3.8, 4) is 0 Å². The van der Waals surface area contributed by atoms with Gasteiger partial charge in [-0.1, -0.05) is 0 Å². The van der Waals surface area contributed by atoms with Crippen LogP contribution in [-0.4, -0.2) is 54.9 Å². The molecule has 7 heteroatoms. The number of hydrogen-bond donors (Lipinski definition) is 1. The Kier molecular flexibility index (Phi) is 30.4. The molecule has 0 aliphatic carbocycles. The van der Waals surface area contributed by atoms with Gasteiger partial charge < -0.3 is 19.0 Å². The molecule has 0 spiro atoms. The Balaban J connectivity index is 0. The van der Waals surface area contributed by atoms with Crippen molar-refractivity contribution < 1.29 is 16.4 Å². The zero-order valence-electron chi connectivity index (χ0n) is 22.4. The predicted molar refractivity (Wildman–Crippen MR) is 142 cm³/mol. The SMILES string of the molecule is CCCCCCC[CH2][Sn](=[O])[CH2]CCCCCCC.CCO[Si](CCCN)(OCC)OCC. The van der Waals surface area contributed by atoms with E-state index < -0.39 is 28.6 Å². The van der Waals surface area contributed by atoms with E-state index in [9.17, 15) is 3.08 Å². The van der Waals surface area contributed by atoms with Crippen LogP contribution in [0.15, 0.2) is 0 Å². The minimum absolute atomic E-state index is 0.636. The maximum absolute atomic E-state index is 11.9. The van der Waals surface area contributed by atoms with Gasteiger partial charge >= 0.3 is 131 Å². The first kappa shape index (κ1) is 34.8. The van der Waals surface area contributed by atoms with Crippen molar-refractivity contribution in [1.82, 2.24) is 0 Å². The van der Waals surface area contributed by atoms with E-state index >= 15 is 0 Å². The zero-order valence-corrected chi connectivity index (χ0v) is 26.2. The molecule has 0 radical (unpaired) electrons. The topological polar surface area (TPSA) is 70.8 Å². The van der Waals surface area contributed by atoms with Gasteiger partial charge in [-0.05, 0) is 33.7 Å². The summed E-state index contributed by atoms with van der Waals surface area (Å²) in [6.07, 6.45) is 16.9. The first-order valence-electron chi connectivity index (χ1n) is 13.7. The molecule has 0 saturated heterocycles. The van der Waals surface area contributed by atoms with E-state index in [1.165, 1.54) is 77.0 Å². The molecule has 194 valence electrons. The average Bonchev–Trinajstić information content (AvgIpc) is 2.78. The molecule has 0 aromatic rings. The van der Waals surface area contributed by atoms with Gasteiger partial charge in [0.2, 0.25) is 0 Å². The van der Waals surface area contributed by atoms with Crippen LogP contribution >= 0.6 is 0 Å². The first-order chi connectivity index (χ1) is 15.6. The standard InChI is InChI=1S/C9H23NO3Si.2C8H17.O.Sn/c1-4-11-14(12-5-2,13-6-3)9-7-8-10;2*1-3-5-7-8-6-4-2;;/h4-10H2,1-3H3;2*1,3-8H2,2H3;;. The third kappa shape index (κ3) is 23.8. The molecule has 0 atom stereocenters. The van der Waals surface area contributed by atoms with Gasteiger partial charge in [0.05, 0.1) is 0 Å². The molecule has 0 aliphatic rings. The summed E-state index contributed by atoms with van der Waals surface area (Å²) in [7, 11) is -2.40. The van der Waals surface area contributed by atoms with E-state index in [0.29, 0.717) is 26.4 Å². The molecule has 32 heavy (non-hydrogen) atoms. The monoisotopic (exact) mass is 583 g/mol. The Labute approximate surface area is 209 Å². The zero-order chi connectivity index (χ0) is 24.3. The molecule has 2 N–H and O–H groups in total. The number of nitrogens with two attached hydrogens (primary N) is 1. The molecule has 0 saturated carbocycles. The Bertz CT molecular complexity index is 354. The molecule has 0 bridgehead atoms. The van der Waals surface area contributed by atoms with Crippen LogP contribution in [0.2, 0.25) is 14.9 Å². The van der Waals surface area contributed by atoms with Crippen LogP contribution in [0, 0.1) is 0 Å². The van der Waals surface area contributed by atoms with E-state index in [2.05, 4.69) is 13.8 Å². The van der Waals surface area contributed by atoms with Crippen molar-refractivity contribution in [1.29, 1.82) is 0 Å². The summed E-state index contributed by atoms with van der Waals surface area (Å²) in [6.45, 7) is 13.0. The molecule has 0 heterocycles. The molecule has 0 aromatic heterocycles. The van der Waals surface area contributed by atoms with Gasteiger partial charge in [0.25, 0.3) is 0 Å². The molecular formula is C25H57NO4SiSn. The quantitative estimate of drug-likeness (QED) is 0.0998. The minimum Gasteiger partial charge on any atom is -0.374 e. The van der Waals surface area contributed by atoms with E-state index in [-0.39, 0.29) is 0 Å². The van der Waals surface area contributed by atoms with Gasteiger partial charge in [0.1, 0.15) is 0 Å². The van der Waals surface area contributed by atoms with Crippen LogP contribution in [0.4, 0.5) is 0 Å². The summed E-state index contributed by atoms with van der Waals surface area (Å²) < 4.78 is 31.1. The summed E-state index contributed by atoms with van der Waals surface area (Å²) >= 11 is -2.11. The smallest absolute Gasteiger partial charge is 0.374 e. The predicted octanol–water partition coefficient (Wildman–Crippen LogP) is 7.51. The molecule has 0 aromatic carbocycles. The Morgan fingerprint density at radius 3 is 1.31 bits per heavy atom. The van der Waals surface area contributed by atoms with Gasteiger partial charge in [-0.2, -0.15) is 0 Å². The van der Waals surface area contributed by atoms with E-state index in [1.807, 2.05) is 20.8 Å². The van der Waals surface area contributed by atoms with Gasteiger partial charge in [-0.15, -0.1) is 0 Å². The van der Waals surface area contributed by atoms with Crippen molar-refractivity contribution in [3.05, 3.63) is 0 Å². The van der Waals surface area contributed by atoms with Gasteiger partial charge in [0, 0.05) is 25.9 Å². The van der Waals surface area contributed by atoms with Crippen LogP contribution in [0.1, 0.15) is 118 Å². The first-order valence-corrected chi connectivity index (χ1v) is 20.8. The van der Waals surface area contributed by atoms with Crippen molar-refractivity contribution in [2.45, 2.75) is 133 Å². The molecule has 0 rings (SSSR count). The average molecular weight is 583 g/mol. The summed E-state index contributed by atoms with van der Waals surface area (Å²) in [4.78, 5) is 0. The molecule has 0 amide bonds. The second-order valence-electron chi connectivity index (χ2n) is 8.45. The van der Waals surface area contributed by atoms with Crippen LogP contribution < -0.4 is 5.73 Å². The molecule has 0 fully saturated rings. The molecule has 0 aliphatic heterocycles. The fourth-order valence-electron chi connectivity index (χ4n) is 3.65. The number of hydrogen-bond acceptors (Lipinski definition) is 5. The fraction of sp³-hybridized carbons (Fsp3) is 1.00. The summed E-state index contributed by atoms with van der Waals surface area (Å²) in [5, 5.41) is 0. The van der Waals surface area contributed by atoms with Crippen LogP contribution in [0.25, 0.3) is 0 Å². The van der Waals surface area contributed by atoms with Crippen molar-refractivity contribution in [3.63, 3.8) is 0 Å². The summed E-state index contributed by atoms with van der Waals surface area (Å²) in [5.74, 6) is 0. The van der Waals surface area contributed by atoms with Crippen LogP contribution in [0.3, 0.4) is 0 Å². The Hall–Kier alpha value is 0.656. The fourth-order valence-corrected chi connectivity index (χ4v) is 10.7. The van der Waals surface area contributed by atoms with E-state index in [4.69, 9.17) is 19.0 Å². The van der Waals surface area contributed by atoms with Gasteiger partial charge in [0.15, 0.2) is 0 Å². The maximum atomic E-state index is 11.9. The van der Waals surface area contributed by atoms with Crippen molar-refractivity contribution in [2.75, 3.05) is 26.4 Å². The van der Waals surface area contributed by atoms with E-state index in [1.54, 1.807) is 0 Å².